The Kier molecular flexibility index (Phi) is 3.58. The molecule has 3 atom stereocenters. The first-order valence-corrected chi connectivity index (χ1v) is 8.89. The molecule has 0 spiro atoms. The molecule has 116 valence electrons. The van der Waals surface area contributed by atoms with Gasteiger partial charge in [0.1, 0.15) is 0 Å². The Hall–Kier alpha value is -1.58. The van der Waals surface area contributed by atoms with Gasteiger partial charge < -0.3 is 10.1 Å². The van der Waals surface area contributed by atoms with E-state index < -0.39 is 0 Å². The van der Waals surface area contributed by atoms with Crippen LogP contribution in [0, 0.1) is 20.8 Å². The maximum atomic E-state index is 9.02. The molecular formula is C19H17IN2O. The minimum atomic E-state index is -0.186. The lowest BCUT2D eigenvalue weighted by Crippen LogP contribution is -2.44. The number of hydrogen-bond donors (Lipinski definition) is 1. The number of anilines is 1. The zero-order chi connectivity index (χ0) is 16.0. The van der Waals surface area contributed by atoms with Crippen LogP contribution in [0.1, 0.15) is 36.1 Å². The van der Waals surface area contributed by atoms with Gasteiger partial charge in [0, 0.05) is 27.3 Å². The molecule has 2 heterocycles. The van der Waals surface area contributed by atoms with Crippen LogP contribution < -0.4 is 5.32 Å². The lowest BCUT2D eigenvalue weighted by Gasteiger charge is -2.45. The number of ether oxygens (including phenoxy) is 1. The fourth-order valence-electron chi connectivity index (χ4n) is 3.92. The molecular weight excluding hydrogens is 399 g/mol. The van der Waals surface area contributed by atoms with Gasteiger partial charge in [-0.05, 0) is 71.8 Å². The van der Waals surface area contributed by atoms with Gasteiger partial charge in [-0.2, -0.15) is 5.26 Å². The standard InChI is InChI=1S/C19H17IN2O/c1-19(13-4-2-12(11-21)3-5-13)16-8-9-23-18(16)15-10-14(20)6-7-17(15)22-19/h2-7,10,16,18,22H,8-9H2,1H3. The molecule has 3 nitrogen and oxygen atoms in total. The number of nitrogens with one attached hydrogen (secondary N) is 1. The van der Waals surface area contributed by atoms with Crippen LogP contribution in [-0.4, -0.2) is 6.61 Å². The number of fused-ring (bicyclic) bond motifs is 3. The van der Waals surface area contributed by atoms with Gasteiger partial charge >= 0.3 is 0 Å². The normalized spacial score (nSPS) is 28.4. The molecule has 0 saturated carbocycles. The van der Waals surface area contributed by atoms with E-state index in [1.54, 1.807) is 0 Å². The second-order valence-corrected chi connectivity index (χ2v) is 7.68. The number of halogens is 1. The van der Waals surface area contributed by atoms with Gasteiger partial charge in [0.25, 0.3) is 0 Å². The fraction of sp³-hybridized carbons (Fsp3) is 0.316. The molecule has 1 saturated heterocycles. The van der Waals surface area contributed by atoms with Gasteiger partial charge in [-0.15, -0.1) is 0 Å². The largest absolute Gasteiger partial charge is 0.375 e. The molecule has 0 aromatic heterocycles. The van der Waals surface area contributed by atoms with E-state index in [-0.39, 0.29) is 11.6 Å². The van der Waals surface area contributed by atoms with Gasteiger partial charge in [-0.3, -0.25) is 0 Å². The van der Waals surface area contributed by atoms with Crippen LogP contribution in [0.2, 0.25) is 0 Å². The lowest BCUT2D eigenvalue weighted by atomic mass is 9.71. The SMILES string of the molecule is CC1(c2ccc(C#N)cc2)Nc2ccc(I)cc2C2OCCC21. The van der Waals surface area contributed by atoms with Crippen molar-refractivity contribution in [1.82, 2.24) is 0 Å². The molecule has 1 fully saturated rings. The summed E-state index contributed by atoms with van der Waals surface area (Å²) in [7, 11) is 0. The zero-order valence-electron chi connectivity index (χ0n) is 12.8. The van der Waals surface area contributed by atoms with E-state index in [4.69, 9.17) is 10.00 Å². The molecule has 0 amide bonds. The van der Waals surface area contributed by atoms with E-state index >= 15 is 0 Å². The predicted molar refractivity (Wildman–Crippen MR) is 98.1 cm³/mol. The topological polar surface area (TPSA) is 45.0 Å². The minimum absolute atomic E-state index is 0.140. The average Bonchev–Trinajstić information content (AvgIpc) is 3.07. The van der Waals surface area contributed by atoms with Crippen molar-refractivity contribution >= 4 is 28.3 Å². The molecule has 0 aliphatic carbocycles. The molecule has 2 aliphatic rings. The number of hydrogen-bond acceptors (Lipinski definition) is 3. The molecule has 2 aromatic carbocycles. The van der Waals surface area contributed by atoms with E-state index in [9.17, 15) is 0 Å². The Bertz CT molecular complexity index is 796. The summed E-state index contributed by atoms with van der Waals surface area (Å²) in [6.07, 6.45) is 1.18. The van der Waals surface area contributed by atoms with E-state index in [2.05, 4.69) is 71.2 Å². The maximum absolute atomic E-state index is 9.02. The second kappa shape index (κ2) is 5.50. The first-order chi connectivity index (χ1) is 11.1. The Morgan fingerprint density at radius 2 is 2.04 bits per heavy atom. The molecule has 4 heteroatoms. The molecule has 23 heavy (non-hydrogen) atoms. The third kappa shape index (κ3) is 2.34. The summed E-state index contributed by atoms with van der Waals surface area (Å²) in [5, 5.41) is 12.8. The monoisotopic (exact) mass is 416 g/mol. The van der Waals surface area contributed by atoms with Gasteiger partial charge in [0.15, 0.2) is 0 Å². The molecule has 4 rings (SSSR count). The van der Waals surface area contributed by atoms with E-state index in [0.717, 1.165) is 18.7 Å². The molecule has 3 unspecified atom stereocenters. The first-order valence-electron chi connectivity index (χ1n) is 7.82. The third-order valence-electron chi connectivity index (χ3n) is 5.16. The minimum Gasteiger partial charge on any atom is -0.375 e. The van der Waals surface area contributed by atoms with Crippen molar-refractivity contribution < 1.29 is 4.74 Å². The van der Waals surface area contributed by atoms with Crippen LogP contribution in [0.15, 0.2) is 42.5 Å². The van der Waals surface area contributed by atoms with Crippen LogP contribution >= 0.6 is 22.6 Å². The van der Waals surface area contributed by atoms with Crippen LogP contribution in [0.4, 0.5) is 5.69 Å². The van der Waals surface area contributed by atoms with Crippen molar-refractivity contribution in [2.45, 2.75) is 25.0 Å². The molecule has 2 aliphatic heterocycles. The highest BCUT2D eigenvalue weighted by molar-refractivity contribution is 14.1. The highest BCUT2D eigenvalue weighted by Gasteiger charge is 2.48. The van der Waals surface area contributed by atoms with Crippen molar-refractivity contribution in [2.24, 2.45) is 5.92 Å². The Balaban J connectivity index is 1.82. The quantitative estimate of drug-likeness (QED) is 0.693. The maximum Gasteiger partial charge on any atom is 0.0991 e. The predicted octanol–water partition coefficient (Wildman–Crippen LogP) is 4.58. The summed E-state index contributed by atoms with van der Waals surface area (Å²) < 4.78 is 7.34. The highest BCUT2D eigenvalue weighted by Crippen LogP contribution is 2.53. The summed E-state index contributed by atoms with van der Waals surface area (Å²) in [4.78, 5) is 0. The number of nitriles is 1. The van der Waals surface area contributed by atoms with Crippen molar-refractivity contribution in [1.29, 1.82) is 5.26 Å². The molecule has 2 aromatic rings. The Labute approximate surface area is 149 Å². The zero-order valence-corrected chi connectivity index (χ0v) is 15.0. The first kappa shape index (κ1) is 15.0. The van der Waals surface area contributed by atoms with Crippen LogP contribution in [0.3, 0.4) is 0 Å². The van der Waals surface area contributed by atoms with Crippen LogP contribution in [-0.2, 0) is 10.3 Å². The number of nitrogens with zero attached hydrogens (tertiary/aromatic N) is 1. The van der Waals surface area contributed by atoms with Gasteiger partial charge in [-0.25, -0.2) is 0 Å². The molecule has 1 N–H and O–H groups in total. The smallest absolute Gasteiger partial charge is 0.0991 e. The van der Waals surface area contributed by atoms with Crippen molar-refractivity contribution in [3.8, 4) is 6.07 Å². The van der Waals surface area contributed by atoms with Crippen molar-refractivity contribution in [3.63, 3.8) is 0 Å². The average molecular weight is 416 g/mol. The Morgan fingerprint density at radius 1 is 1.26 bits per heavy atom. The summed E-state index contributed by atoms with van der Waals surface area (Å²) in [5.41, 5.74) is 4.14. The number of rotatable bonds is 1. The van der Waals surface area contributed by atoms with E-state index in [1.807, 2.05) is 12.1 Å². The van der Waals surface area contributed by atoms with Crippen molar-refractivity contribution in [2.75, 3.05) is 11.9 Å². The summed E-state index contributed by atoms with van der Waals surface area (Å²) in [6, 6.07) is 16.6. The fourth-order valence-corrected chi connectivity index (χ4v) is 4.44. The van der Waals surface area contributed by atoms with Gasteiger partial charge in [0.05, 0.1) is 23.3 Å². The van der Waals surface area contributed by atoms with Gasteiger partial charge in [-0.1, -0.05) is 12.1 Å². The Morgan fingerprint density at radius 3 is 2.78 bits per heavy atom. The molecule has 0 bridgehead atoms. The highest BCUT2D eigenvalue weighted by atomic mass is 127. The number of benzene rings is 2. The molecule has 0 radical (unpaired) electrons. The summed E-state index contributed by atoms with van der Waals surface area (Å²) in [6.45, 7) is 3.05. The van der Waals surface area contributed by atoms with Crippen molar-refractivity contribution in [3.05, 3.63) is 62.7 Å². The van der Waals surface area contributed by atoms with E-state index in [1.165, 1.54) is 14.7 Å². The third-order valence-corrected chi connectivity index (χ3v) is 5.83. The summed E-state index contributed by atoms with van der Waals surface area (Å²) in [5.74, 6) is 0.390. The van der Waals surface area contributed by atoms with Crippen LogP contribution in [0.25, 0.3) is 0 Å². The second-order valence-electron chi connectivity index (χ2n) is 6.43. The van der Waals surface area contributed by atoms with Gasteiger partial charge in [0.2, 0.25) is 0 Å². The summed E-state index contributed by atoms with van der Waals surface area (Å²) >= 11 is 2.35. The lowest BCUT2D eigenvalue weighted by molar-refractivity contribution is 0.0685. The van der Waals surface area contributed by atoms with Crippen LogP contribution in [0.5, 0.6) is 0 Å². The van der Waals surface area contributed by atoms with E-state index in [0.29, 0.717) is 11.5 Å².